The highest BCUT2D eigenvalue weighted by Crippen LogP contribution is 2.21. The van der Waals surface area contributed by atoms with E-state index in [4.69, 9.17) is 17.3 Å². The number of hydrogen-bond donors (Lipinski definition) is 5. The first-order chi connectivity index (χ1) is 17.7. The van der Waals surface area contributed by atoms with E-state index in [1.54, 1.807) is 0 Å². The highest BCUT2D eigenvalue weighted by Gasteiger charge is 2.02. The molecule has 0 bridgehead atoms. The quantitative estimate of drug-likeness (QED) is 0.131. The molecule has 0 spiro atoms. The molecular formula is C31H51ClN4S. The Balaban J connectivity index is -0.000000535. The van der Waals surface area contributed by atoms with Crippen LogP contribution in [0.2, 0.25) is 0 Å². The van der Waals surface area contributed by atoms with Gasteiger partial charge in [0.25, 0.3) is 0 Å². The molecule has 2 aromatic rings. The van der Waals surface area contributed by atoms with E-state index in [0.29, 0.717) is 18.2 Å². The van der Waals surface area contributed by atoms with Crippen LogP contribution in [0.15, 0.2) is 96.0 Å². The van der Waals surface area contributed by atoms with Crippen LogP contribution in [-0.4, -0.2) is 20.6 Å². The van der Waals surface area contributed by atoms with Gasteiger partial charge in [0.15, 0.2) is 0 Å². The number of thiol groups is 1. The van der Waals surface area contributed by atoms with Gasteiger partial charge >= 0.3 is 0 Å². The Bertz CT molecular complexity index is 880. The molecule has 0 fully saturated rings. The third-order valence-corrected chi connectivity index (χ3v) is 5.13. The van der Waals surface area contributed by atoms with Crippen LogP contribution in [0.4, 0.5) is 5.69 Å². The Labute approximate surface area is 238 Å². The van der Waals surface area contributed by atoms with Gasteiger partial charge in [-0.1, -0.05) is 108 Å². The molecule has 1 atom stereocenters. The van der Waals surface area contributed by atoms with E-state index in [-0.39, 0.29) is 0 Å². The maximum Gasteiger partial charge on any atom is 0.0507 e. The van der Waals surface area contributed by atoms with Crippen molar-refractivity contribution in [3.63, 3.8) is 0 Å². The van der Waals surface area contributed by atoms with Crippen LogP contribution in [-0.2, 0) is 0 Å². The number of rotatable bonds is 8. The van der Waals surface area contributed by atoms with Crippen LogP contribution in [0.25, 0.3) is 5.70 Å². The van der Waals surface area contributed by atoms with Crippen molar-refractivity contribution in [2.75, 3.05) is 26.4 Å². The van der Waals surface area contributed by atoms with Gasteiger partial charge in [-0.05, 0) is 68.4 Å². The van der Waals surface area contributed by atoms with E-state index >= 15 is 0 Å². The number of hydrogen-bond acceptors (Lipinski definition) is 5. The second-order valence-corrected chi connectivity index (χ2v) is 8.48. The third kappa shape index (κ3) is 22.3. The predicted octanol–water partition coefficient (Wildman–Crippen LogP) is 8.36. The second-order valence-electron chi connectivity index (χ2n) is 7.51. The minimum atomic E-state index is 0.542. The Morgan fingerprint density at radius 3 is 2.11 bits per heavy atom. The normalized spacial score (nSPS) is 10.6. The summed E-state index contributed by atoms with van der Waals surface area (Å²) in [6.45, 7) is 18.2. The molecule has 0 aliphatic rings. The van der Waals surface area contributed by atoms with Crippen molar-refractivity contribution in [1.29, 1.82) is 0 Å². The van der Waals surface area contributed by atoms with Gasteiger partial charge in [0.05, 0.1) is 6.54 Å². The minimum absolute atomic E-state index is 0.542. The molecule has 0 aliphatic heterocycles. The molecule has 0 amide bonds. The number of anilines is 1. The topological polar surface area (TPSA) is 76.1 Å². The van der Waals surface area contributed by atoms with Crippen molar-refractivity contribution in [2.24, 2.45) is 5.73 Å². The molecule has 4 nitrogen and oxygen atoms in total. The van der Waals surface area contributed by atoms with E-state index in [1.807, 2.05) is 64.4 Å². The van der Waals surface area contributed by atoms with Crippen molar-refractivity contribution in [3.05, 3.63) is 102 Å². The lowest BCUT2D eigenvalue weighted by molar-refractivity contribution is 0.733. The van der Waals surface area contributed by atoms with Crippen molar-refractivity contribution in [2.45, 2.75) is 58.3 Å². The lowest BCUT2D eigenvalue weighted by Gasteiger charge is -2.10. The van der Waals surface area contributed by atoms with E-state index in [9.17, 15) is 0 Å². The molecule has 6 heteroatoms. The lowest BCUT2D eigenvalue weighted by atomic mass is 9.99. The summed E-state index contributed by atoms with van der Waals surface area (Å²) in [5.74, 6) is 0.709. The fraction of sp³-hybridized carbons (Fsp3) is 0.355. The summed E-state index contributed by atoms with van der Waals surface area (Å²) in [5, 5.41) is 6.65. The Kier molecular flexibility index (Phi) is 29.4. The van der Waals surface area contributed by atoms with Crippen LogP contribution < -0.4 is 22.1 Å². The smallest absolute Gasteiger partial charge is 0.0507 e. The standard InChI is InChI=1S/C15H19ClN2S.C10H14.C2H7N.C2H5N.C2H6/c1-3-4-5-6-13(16)10-18-11(2)12-7-8-14(17)15(19)9-12;1-3-9(2)10-7-5-4-6-8-10;1-3-2;1-2-3;1-2/h4-9,18-19H,2-3,10,17H2,1H3;4-9H,3H2,1-2H3;3H,1-2H3;2H,1,3H2;1-2H3/b5-4-,13-6+;;;;. The zero-order valence-corrected chi connectivity index (χ0v) is 25.7. The Morgan fingerprint density at radius 1 is 1.11 bits per heavy atom. The van der Waals surface area contributed by atoms with Crippen molar-refractivity contribution < 1.29 is 0 Å². The molecule has 1 unspecified atom stereocenters. The van der Waals surface area contributed by atoms with Crippen molar-refractivity contribution >= 4 is 35.6 Å². The molecule has 2 rings (SSSR count). The first kappa shape index (κ1) is 38.9. The molecule has 6 N–H and O–H groups in total. The summed E-state index contributed by atoms with van der Waals surface area (Å²) in [6.07, 6.45) is 9.34. The predicted molar refractivity (Wildman–Crippen MR) is 174 cm³/mol. The third-order valence-electron chi connectivity index (χ3n) is 4.48. The van der Waals surface area contributed by atoms with Crippen LogP contribution in [0.1, 0.15) is 64.5 Å². The maximum atomic E-state index is 6.08. The van der Waals surface area contributed by atoms with Crippen LogP contribution in [0.5, 0.6) is 0 Å². The first-order valence-electron chi connectivity index (χ1n) is 12.7. The number of allylic oxidation sites excluding steroid dienone is 3. The van der Waals surface area contributed by atoms with Crippen LogP contribution in [0.3, 0.4) is 0 Å². The Morgan fingerprint density at radius 2 is 1.65 bits per heavy atom. The minimum Gasteiger partial charge on any atom is -0.405 e. The van der Waals surface area contributed by atoms with Crippen LogP contribution in [0, 0.1) is 0 Å². The molecule has 0 aromatic heterocycles. The molecule has 0 saturated heterocycles. The summed E-state index contributed by atoms with van der Waals surface area (Å²) in [7, 11) is 3.75. The summed E-state index contributed by atoms with van der Waals surface area (Å²) < 4.78 is 0. The van der Waals surface area contributed by atoms with Gasteiger partial charge in [0.1, 0.15) is 0 Å². The fourth-order valence-electron chi connectivity index (χ4n) is 2.41. The van der Waals surface area contributed by atoms with Gasteiger partial charge in [-0.3, -0.25) is 0 Å². The maximum absolute atomic E-state index is 6.08. The monoisotopic (exact) mass is 546 g/mol. The van der Waals surface area contributed by atoms with Crippen molar-refractivity contribution in [1.82, 2.24) is 10.6 Å². The van der Waals surface area contributed by atoms with Gasteiger partial charge in [-0.25, -0.2) is 0 Å². The molecule has 2 aromatic carbocycles. The molecular weight excluding hydrogens is 496 g/mol. The molecule has 0 heterocycles. The summed E-state index contributed by atoms with van der Waals surface area (Å²) in [5.41, 5.74) is 14.2. The number of nitrogens with two attached hydrogens (primary N) is 2. The number of benzene rings is 2. The summed E-state index contributed by atoms with van der Waals surface area (Å²) in [6, 6.07) is 16.2. The molecule has 0 saturated carbocycles. The van der Waals surface area contributed by atoms with E-state index in [2.05, 4.69) is 93.3 Å². The highest BCUT2D eigenvalue weighted by molar-refractivity contribution is 7.80. The molecule has 37 heavy (non-hydrogen) atoms. The van der Waals surface area contributed by atoms with Gasteiger partial charge in [-0.15, -0.1) is 12.6 Å². The number of nitrogens with one attached hydrogen (secondary N) is 2. The van der Waals surface area contributed by atoms with Gasteiger partial charge in [-0.2, -0.15) is 0 Å². The molecule has 0 radical (unpaired) electrons. The van der Waals surface area contributed by atoms with Gasteiger partial charge in [0, 0.05) is 21.3 Å². The average Bonchev–Trinajstić information content (AvgIpc) is 2.91. The summed E-state index contributed by atoms with van der Waals surface area (Å²) in [4.78, 5) is 0.743. The number of halogens is 1. The highest BCUT2D eigenvalue weighted by atomic mass is 35.5. The van der Waals surface area contributed by atoms with Gasteiger partial charge < -0.3 is 22.1 Å². The average molecular weight is 547 g/mol. The van der Waals surface area contributed by atoms with Crippen LogP contribution >= 0.6 is 24.2 Å². The van der Waals surface area contributed by atoms with Gasteiger partial charge in [0.2, 0.25) is 0 Å². The van der Waals surface area contributed by atoms with E-state index in [0.717, 1.165) is 27.6 Å². The van der Waals surface area contributed by atoms with Crippen molar-refractivity contribution in [3.8, 4) is 0 Å². The largest absolute Gasteiger partial charge is 0.405 e. The first-order valence-corrected chi connectivity index (χ1v) is 13.5. The van der Waals surface area contributed by atoms with E-state index in [1.165, 1.54) is 18.2 Å². The molecule has 208 valence electrons. The lowest BCUT2D eigenvalue weighted by Crippen LogP contribution is -2.13. The zero-order chi connectivity index (χ0) is 29.1. The van der Waals surface area contributed by atoms with E-state index < -0.39 is 0 Å². The Hall–Kier alpha value is -2.60. The SMILES string of the molecule is C=C(NC/C(Cl)=C\C=C/CC)c1ccc(N)c(S)c1.C=CN.CC.CCC(C)c1ccccc1.CNC. The fourth-order valence-corrected chi connectivity index (χ4v) is 2.76. The second kappa shape index (κ2) is 28.0. The zero-order valence-electron chi connectivity index (χ0n) is 24.0. The summed E-state index contributed by atoms with van der Waals surface area (Å²) >= 11 is 10.4. The molecule has 0 aliphatic carbocycles. The number of nitrogen functional groups attached to an aromatic ring is 1.